The zero-order valence-electron chi connectivity index (χ0n) is 21.0. The monoisotopic (exact) mass is 575 g/mol. The van der Waals surface area contributed by atoms with E-state index in [0.29, 0.717) is 38.3 Å². The number of hydrogen-bond donors (Lipinski definition) is 1. The number of sulfonamides is 1. The van der Waals surface area contributed by atoms with Crippen molar-refractivity contribution in [2.45, 2.75) is 59.2 Å². The Morgan fingerprint density at radius 1 is 1.00 bits per heavy atom. The molecular formula is C25H32Cl3N3O4S. The normalized spacial score (nSPS) is 13.1. The van der Waals surface area contributed by atoms with Crippen LogP contribution in [0.1, 0.15) is 44.7 Å². The number of hydrogen-bond acceptors (Lipinski definition) is 4. The van der Waals surface area contributed by atoms with Crippen LogP contribution in [0.25, 0.3) is 0 Å². The fourth-order valence-electron chi connectivity index (χ4n) is 3.69. The molecule has 2 aromatic rings. The van der Waals surface area contributed by atoms with Crippen LogP contribution in [0.15, 0.2) is 36.4 Å². The summed E-state index contributed by atoms with van der Waals surface area (Å²) < 4.78 is 26.5. The third-order valence-electron chi connectivity index (χ3n) is 5.85. The molecule has 0 bridgehead atoms. The smallest absolute Gasteiger partial charge is 0.244 e. The van der Waals surface area contributed by atoms with E-state index in [-0.39, 0.29) is 18.5 Å². The number of nitrogens with one attached hydrogen (secondary N) is 1. The summed E-state index contributed by atoms with van der Waals surface area (Å²) in [7, 11) is -3.85. The molecule has 11 heteroatoms. The molecule has 36 heavy (non-hydrogen) atoms. The predicted molar refractivity (Wildman–Crippen MR) is 147 cm³/mol. The van der Waals surface area contributed by atoms with Gasteiger partial charge in [-0.25, -0.2) is 8.42 Å². The molecule has 0 aromatic heterocycles. The average molecular weight is 577 g/mol. The largest absolute Gasteiger partial charge is 0.352 e. The number of amides is 2. The van der Waals surface area contributed by atoms with E-state index in [1.54, 1.807) is 50.2 Å². The molecular weight excluding hydrogens is 545 g/mol. The van der Waals surface area contributed by atoms with Gasteiger partial charge >= 0.3 is 0 Å². The first kappa shape index (κ1) is 30.2. The van der Waals surface area contributed by atoms with Crippen LogP contribution in [0, 0.1) is 6.92 Å². The summed E-state index contributed by atoms with van der Waals surface area (Å²) in [4.78, 5) is 28.3. The van der Waals surface area contributed by atoms with E-state index in [1.165, 1.54) is 4.90 Å². The lowest BCUT2D eigenvalue weighted by molar-refractivity contribution is -0.140. The highest BCUT2D eigenvalue weighted by Gasteiger charge is 2.32. The molecule has 0 fully saturated rings. The third-order valence-corrected chi connectivity index (χ3v) is 7.80. The van der Waals surface area contributed by atoms with Gasteiger partial charge in [-0.05, 0) is 68.1 Å². The second kappa shape index (κ2) is 13.0. The molecule has 2 unspecified atom stereocenters. The lowest BCUT2D eigenvalue weighted by Crippen LogP contribution is -2.53. The van der Waals surface area contributed by atoms with Crippen molar-refractivity contribution < 1.29 is 18.0 Å². The summed E-state index contributed by atoms with van der Waals surface area (Å²) >= 11 is 18.5. The van der Waals surface area contributed by atoms with Crippen molar-refractivity contribution in [3.8, 4) is 0 Å². The SMILES string of the molecule is CCC(C)NC(=O)C(CC)N(Cc1ccc(Cl)cc1Cl)C(=O)CN(c1ccc(Cl)cc1C)S(C)(=O)=O. The molecule has 0 saturated heterocycles. The number of halogens is 3. The van der Waals surface area contributed by atoms with Gasteiger partial charge < -0.3 is 10.2 Å². The Balaban J connectivity index is 2.51. The van der Waals surface area contributed by atoms with Crippen molar-refractivity contribution in [1.29, 1.82) is 0 Å². The molecule has 0 radical (unpaired) electrons. The van der Waals surface area contributed by atoms with Crippen molar-refractivity contribution in [2.75, 3.05) is 17.1 Å². The maximum Gasteiger partial charge on any atom is 0.244 e. The van der Waals surface area contributed by atoms with Gasteiger partial charge in [-0.2, -0.15) is 0 Å². The van der Waals surface area contributed by atoms with Crippen molar-refractivity contribution in [3.05, 3.63) is 62.6 Å². The summed E-state index contributed by atoms with van der Waals surface area (Å²) in [6.45, 7) is 6.83. The second-order valence-electron chi connectivity index (χ2n) is 8.70. The van der Waals surface area contributed by atoms with Gasteiger partial charge in [-0.15, -0.1) is 0 Å². The van der Waals surface area contributed by atoms with Gasteiger partial charge in [0.2, 0.25) is 21.8 Å². The molecule has 2 aromatic carbocycles. The number of carbonyl (C=O) groups is 2. The number of nitrogens with zero attached hydrogens (tertiary/aromatic N) is 2. The van der Waals surface area contributed by atoms with E-state index >= 15 is 0 Å². The topological polar surface area (TPSA) is 86.8 Å². The Morgan fingerprint density at radius 3 is 2.14 bits per heavy atom. The third kappa shape index (κ3) is 8.00. The highest BCUT2D eigenvalue weighted by Crippen LogP contribution is 2.27. The minimum atomic E-state index is -3.85. The number of rotatable bonds is 11. The summed E-state index contributed by atoms with van der Waals surface area (Å²) in [6.07, 6.45) is 2.07. The molecule has 198 valence electrons. The number of aryl methyl sites for hydroxylation is 1. The molecule has 0 aliphatic heterocycles. The Labute approximate surface area is 228 Å². The predicted octanol–water partition coefficient (Wildman–Crippen LogP) is 5.44. The summed E-state index contributed by atoms with van der Waals surface area (Å²) in [5.41, 5.74) is 1.50. The average Bonchev–Trinajstić information content (AvgIpc) is 2.78. The quantitative estimate of drug-likeness (QED) is 0.386. The van der Waals surface area contributed by atoms with Crippen molar-refractivity contribution in [1.82, 2.24) is 10.2 Å². The first-order valence-electron chi connectivity index (χ1n) is 11.6. The van der Waals surface area contributed by atoms with Crippen molar-refractivity contribution in [2.24, 2.45) is 0 Å². The van der Waals surface area contributed by atoms with Crippen LogP contribution in [0.3, 0.4) is 0 Å². The van der Waals surface area contributed by atoms with Gasteiger partial charge in [0.15, 0.2) is 0 Å². The summed E-state index contributed by atoms with van der Waals surface area (Å²) in [5, 5.41) is 4.14. The minimum absolute atomic E-state index is 0.00152. The standard InChI is InChI=1S/C25H32Cl3N3O4S/c1-6-17(4)29-25(33)22(7-2)30(14-18-8-9-20(27)13-21(18)28)24(32)15-31(36(5,34)35)23-11-10-19(26)12-16(23)3/h8-13,17,22H,6-7,14-15H2,1-5H3,(H,29,33). The molecule has 0 spiro atoms. The van der Waals surface area contributed by atoms with E-state index in [2.05, 4.69) is 5.32 Å². The minimum Gasteiger partial charge on any atom is -0.352 e. The first-order chi connectivity index (χ1) is 16.8. The summed E-state index contributed by atoms with van der Waals surface area (Å²) in [6, 6.07) is 8.69. The van der Waals surface area contributed by atoms with Crippen LogP contribution in [0.5, 0.6) is 0 Å². The molecule has 2 atom stereocenters. The van der Waals surface area contributed by atoms with E-state index in [0.717, 1.165) is 17.0 Å². The Kier molecular flexibility index (Phi) is 10.9. The maximum atomic E-state index is 13.7. The Bertz CT molecular complexity index is 1210. The highest BCUT2D eigenvalue weighted by molar-refractivity contribution is 7.92. The molecule has 2 amide bonds. The fourth-order valence-corrected chi connectivity index (χ4v) is 5.29. The molecule has 1 N–H and O–H groups in total. The van der Waals surface area contributed by atoms with Crippen LogP contribution in [0.2, 0.25) is 15.1 Å². The van der Waals surface area contributed by atoms with Crippen LogP contribution in [0.4, 0.5) is 5.69 Å². The molecule has 2 rings (SSSR count). The zero-order valence-corrected chi connectivity index (χ0v) is 24.1. The second-order valence-corrected chi connectivity index (χ2v) is 11.9. The highest BCUT2D eigenvalue weighted by atomic mass is 35.5. The maximum absolute atomic E-state index is 13.7. The molecule has 7 nitrogen and oxygen atoms in total. The Hall–Kier alpha value is -2.00. The lowest BCUT2D eigenvalue weighted by atomic mass is 10.1. The van der Waals surface area contributed by atoms with Crippen molar-refractivity contribution >= 4 is 62.3 Å². The van der Waals surface area contributed by atoms with E-state index in [1.807, 2.05) is 13.8 Å². The van der Waals surface area contributed by atoms with E-state index in [4.69, 9.17) is 34.8 Å². The summed E-state index contributed by atoms with van der Waals surface area (Å²) in [5.74, 6) is -0.870. The van der Waals surface area contributed by atoms with Gasteiger partial charge in [-0.3, -0.25) is 13.9 Å². The molecule has 0 aliphatic carbocycles. The Morgan fingerprint density at radius 2 is 1.61 bits per heavy atom. The van der Waals surface area contributed by atoms with Gasteiger partial charge in [-0.1, -0.05) is 54.7 Å². The van der Waals surface area contributed by atoms with Gasteiger partial charge in [0.05, 0.1) is 11.9 Å². The number of benzene rings is 2. The van der Waals surface area contributed by atoms with Gasteiger partial charge in [0, 0.05) is 27.7 Å². The van der Waals surface area contributed by atoms with E-state index < -0.39 is 28.5 Å². The molecule has 0 aliphatic rings. The van der Waals surface area contributed by atoms with Gasteiger partial charge in [0.25, 0.3) is 0 Å². The number of anilines is 1. The fraction of sp³-hybridized carbons (Fsp3) is 0.440. The van der Waals surface area contributed by atoms with Crippen LogP contribution >= 0.6 is 34.8 Å². The van der Waals surface area contributed by atoms with E-state index in [9.17, 15) is 18.0 Å². The molecule has 0 heterocycles. The van der Waals surface area contributed by atoms with Crippen molar-refractivity contribution in [3.63, 3.8) is 0 Å². The number of carbonyl (C=O) groups excluding carboxylic acids is 2. The van der Waals surface area contributed by atoms with Crippen LogP contribution in [-0.2, 0) is 26.2 Å². The zero-order chi connectivity index (χ0) is 27.2. The van der Waals surface area contributed by atoms with Crippen LogP contribution in [-0.4, -0.2) is 50.0 Å². The van der Waals surface area contributed by atoms with Gasteiger partial charge in [0.1, 0.15) is 12.6 Å². The lowest BCUT2D eigenvalue weighted by Gasteiger charge is -2.34. The van der Waals surface area contributed by atoms with Crippen LogP contribution < -0.4 is 9.62 Å². The first-order valence-corrected chi connectivity index (χ1v) is 14.5. The molecule has 0 saturated carbocycles.